The zero-order valence-electron chi connectivity index (χ0n) is 18.2. The van der Waals surface area contributed by atoms with Gasteiger partial charge in [0.25, 0.3) is 0 Å². The lowest BCUT2D eigenvalue weighted by molar-refractivity contribution is -0.146. The number of hydrogen-bond acceptors (Lipinski definition) is 6. The van der Waals surface area contributed by atoms with Gasteiger partial charge < -0.3 is 15.1 Å². The molecule has 0 spiro atoms. The smallest absolute Gasteiger partial charge is 0.312 e. The fourth-order valence-electron chi connectivity index (χ4n) is 4.37. The molecule has 2 amide bonds. The molecule has 0 radical (unpaired) electrons. The van der Waals surface area contributed by atoms with Crippen LogP contribution in [0, 0.1) is 0 Å². The molecule has 1 aliphatic carbocycles. The van der Waals surface area contributed by atoms with Crippen LogP contribution < -0.4 is 10.2 Å². The second-order valence-electron chi connectivity index (χ2n) is 8.53. The number of benzene rings is 1. The maximum absolute atomic E-state index is 12.6. The number of anilines is 1. The molecule has 9 nitrogen and oxygen atoms in total. The van der Waals surface area contributed by atoms with E-state index in [1.165, 1.54) is 31.2 Å². The molecule has 32 heavy (non-hydrogen) atoms. The van der Waals surface area contributed by atoms with E-state index in [9.17, 15) is 9.59 Å². The van der Waals surface area contributed by atoms with Gasteiger partial charge in [-0.05, 0) is 29.9 Å². The van der Waals surface area contributed by atoms with E-state index in [2.05, 4.69) is 37.4 Å². The van der Waals surface area contributed by atoms with Crippen molar-refractivity contribution < 1.29 is 9.59 Å². The zero-order chi connectivity index (χ0) is 22.1. The average Bonchev–Trinajstić information content (AvgIpc) is 3.18. The van der Waals surface area contributed by atoms with E-state index >= 15 is 0 Å². The standard InChI is InChI=1S/C23H27N7O2/c1-28-20-19(14-27-28)21(26-15-25-20)29-9-11-30(12-10-29)23(32)22(31)24-13-16-5-7-18(8-6-16)17-3-2-4-17/h5-8,14-15,17H,2-4,9-13H2,1H3,(H,24,31). The van der Waals surface area contributed by atoms with Gasteiger partial charge in [-0.1, -0.05) is 30.7 Å². The van der Waals surface area contributed by atoms with Crippen molar-refractivity contribution in [1.29, 1.82) is 0 Å². The molecular formula is C23H27N7O2. The van der Waals surface area contributed by atoms with Gasteiger partial charge in [-0.3, -0.25) is 14.3 Å². The summed E-state index contributed by atoms with van der Waals surface area (Å²) in [5.41, 5.74) is 3.14. The molecule has 2 aromatic heterocycles. The number of nitrogens with one attached hydrogen (secondary N) is 1. The predicted molar refractivity (Wildman–Crippen MR) is 120 cm³/mol. The Hall–Kier alpha value is -3.49. The third kappa shape index (κ3) is 3.90. The van der Waals surface area contributed by atoms with Gasteiger partial charge in [0.1, 0.15) is 12.1 Å². The number of rotatable bonds is 4. The Morgan fingerprint density at radius 1 is 1.06 bits per heavy atom. The molecule has 0 atom stereocenters. The first kappa shape index (κ1) is 20.4. The van der Waals surface area contributed by atoms with Crippen molar-refractivity contribution in [3.05, 3.63) is 47.9 Å². The molecule has 166 valence electrons. The molecule has 1 saturated heterocycles. The molecule has 2 fully saturated rings. The molecule has 2 aliphatic rings. The van der Waals surface area contributed by atoms with Crippen LogP contribution in [0.25, 0.3) is 11.0 Å². The number of carbonyl (C=O) groups excluding carboxylic acids is 2. The fourth-order valence-corrected chi connectivity index (χ4v) is 4.37. The molecule has 1 aliphatic heterocycles. The van der Waals surface area contributed by atoms with Crippen LogP contribution in [0.3, 0.4) is 0 Å². The molecule has 0 unspecified atom stereocenters. The second-order valence-corrected chi connectivity index (χ2v) is 8.53. The van der Waals surface area contributed by atoms with Crippen molar-refractivity contribution in [2.24, 2.45) is 7.05 Å². The summed E-state index contributed by atoms with van der Waals surface area (Å²) in [4.78, 5) is 37.5. The van der Waals surface area contributed by atoms with Crippen LogP contribution in [0.5, 0.6) is 0 Å². The first-order valence-corrected chi connectivity index (χ1v) is 11.1. The van der Waals surface area contributed by atoms with Crippen molar-refractivity contribution in [3.8, 4) is 0 Å². The molecule has 9 heteroatoms. The summed E-state index contributed by atoms with van der Waals surface area (Å²) >= 11 is 0. The van der Waals surface area contributed by atoms with E-state index in [-0.39, 0.29) is 0 Å². The van der Waals surface area contributed by atoms with E-state index in [1.807, 2.05) is 19.2 Å². The number of piperazine rings is 1. The Morgan fingerprint density at radius 3 is 2.50 bits per heavy atom. The van der Waals surface area contributed by atoms with Gasteiger partial charge in [-0.15, -0.1) is 0 Å². The maximum atomic E-state index is 12.6. The molecule has 5 rings (SSSR count). The maximum Gasteiger partial charge on any atom is 0.312 e. The van der Waals surface area contributed by atoms with Gasteiger partial charge in [-0.25, -0.2) is 9.97 Å². The Kier molecular flexibility index (Phi) is 5.46. The van der Waals surface area contributed by atoms with Gasteiger partial charge in [0.2, 0.25) is 0 Å². The Morgan fingerprint density at radius 2 is 1.81 bits per heavy atom. The summed E-state index contributed by atoms with van der Waals surface area (Å²) < 4.78 is 1.71. The summed E-state index contributed by atoms with van der Waals surface area (Å²) in [5, 5.41) is 7.91. The van der Waals surface area contributed by atoms with Gasteiger partial charge in [-0.2, -0.15) is 5.10 Å². The SMILES string of the molecule is Cn1ncc2c(N3CCN(C(=O)C(=O)NCc4ccc(C5CCC5)cc4)CC3)ncnc21. The van der Waals surface area contributed by atoms with E-state index < -0.39 is 11.8 Å². The second kappa shape index (κ2) is 8.57. The summed E-state index contributed by atoms with van der Waals surface area (Å²) in [7, 11) is 1.84. The number of hydrogen-bond donors (Lipinski definition) is 1. The van der Waals surface area contributed by atoms with Crippen molar-refractivity contribution in [3.63, 3.8) is 0 Å². The Bertz CT molecular complexity index is 1130. The lowest BCUT2D eigenvalue weighted by Crippen LogP contribution is -2.52. The topological polar surface area (TPSA) is 96.2 Å². The number of fused-ring (bicyclic) bond motifs is 1. The van der Waals surface area contributed by atoms with Crippen molar-refractivity contribution in [1.82, 2.24) is 30.0 Å². The largest absolute Gasteiger partial charge is 0.352 e. The van der Waals surface area contributed by atoms with Gasteiger partial charge in [0.15, 0.2) is 5.65 Å². The van der Waals surface area contributed by atoms with Crippen molar-refractivity contribution in [2.75, 3.05) is 31.1 Å². The highest BCUT2D eigenvalue weighted by molar-refractivity contribution is 6.35. The van der Waals surface area contributed by atoms with E-state index in [0.717, 1.165) is 22.4 Å². The summed E-state index contributed by atoms with van der Waals surface area (Å²) in [6.45, 7) is 2.49. The lowest BCUT2D eigenvalue weighted by Gasteiger charge is -2.35. The normalized spacial score (nSPS) is 16.8. The fraction of sp³-hybridized carbons (Fsp3) is 0.435. The van der Waals surface area contributed by atoms with Crippen LogP contribution in [0.1, 0.15) is 36.3 Å². The van der Waals surface area contributed by atoms with Crippen LogP contribution in [0.15, 0.2) is 36.8 Å². The predicted octanol–water partition coefficient (Wildman–Crippen LogP) is 1.60. The highest BCUT2D eigenvalue weighted by Crippen LogP contribution is 2.36. The lowest BCUT2D eigenvalue weighted by atomic mass is 9.80. The summed E-state index contributed by atoms with van der Waals surface area (Å²) in [6, 6.07) is 8.35. The number of carbonyl (C=O) groups is 2. The Labute approximate surface area is 186 Å². The minimum atomic E-state index is -0.557. The highest BCUT2D eigenvalue weighted by atomic mass is 16.2. The monoisotopic (exact) mass is 433 g/mol. The number of amides is 2. The van der Waals surface area contributed by atoms with Crippen LogP contribution in [0.4, 0.5) is 5.82 Å². The summed E-state index contributed by atoms with van der Waals surface area (Å²) in [6.07, 6.45) is 7.13. The van der Waals surface area contributed by atoms with Crippen molar-refractivity contribution >= 4 is 28.7 Å². The molecule has 1 saturated carbocycles. The van der Waals surface area contributed by atoms with E-state index in [4.69, 9.17) is 0 Å². The minimum absolute atomic E-state index is 0.357. The molecule has 1 aromatic carbocycles. The zero-order valence-corrected chi connectivity index (χ0v) is 18.2. The minimum Gasteiger partial charge on any atom is -0.352 e. The van der Waals surface area contributed by atoms with E-state index in [1.54, 1.807) is 15.8 Å². The van der Waals surface area contributed by atoms with Crippen LogP contribution >= 0.6 is 0 Å². The van der Waals surface area contributed by atoms with Gasteiger partial charge >= 0.3 is 11.8 Å². The van der Waals surface area contributed by atoms with Gasteiger partial charge in [0.05, 0.1) is 11.6 Å². The van der Waals surface area contributed by atoms with Crippen LogP contribution in [-0.4, -0.2) is 62.6 Å². The molecule has 1 N–H and O–H groups in total. The van der Waals surface area contributed by atoms with Crippen LogP contribution in [-0.2, 0) is 23.2 Å². The van der Waals surface area contributed by atoms with Crippen molar-refractivity contribution in [2.45, 2.75) is 31.7 Å². The first-order chi connectivity index (χ1) is 15.6. The number of aromatic nitrogens is 4. The average molecular weight is 434 g/mol. The quantitative estimate of drug-likeness (QED) is 0.628. The van der Waals surface area contributed by atoms with E-state index in [0.29, 0.717) is 38.6 Å². The van der Waals surface area contributed by atoms with Gasteiger partial charge in [0, 0.05) is 39.8 Å². The summed E-state index contributed by atoms with van der Waals surface area (Å²) in [5.74, 6) is 0.462. The number of nitrogens with zero attached hydrogens (tertiary/aromatic N) is 6. The highest BCUT2D eigenvalue weighted by Gasteiger charge is 2.27. The third-order valence-electron chi connectivity index (χ3n) is 6.58. The molecule has 0 bridgehead atoms. The molecule has 3 heterocycles. The molecule has 3 aromatic rings. The third-order valence-corrected chi connectivity index (χ3v) is 6.58. The van der Waals surface area contributed by atoms with Crippen LogP contribution in [0.2, 0.25) is 0 Å². The Balaban J connectivity index is 1.14. The number of aryl methyl sites for hydroxylation is 1. The molecular weight excluding hydrogens is 406 g/mol. The first-order valence-electron chi connectivity index (χ1n) is 11.1.